The van der Waals surface area contributed by atoms with Crippen LogP contribution in [0, 0.1) is 0 Å². The molecule has 0 saturated carbocycles. The molecule has 1 fully saturated rings. The van der Waals surface area contributed by atoms with E-state index < -0.39 is 6.04 Å². The number of nitrogens with zero attached hydrogens (tertiary/aromatic N) is 1. The van der Waals surface area contributed by atoms with E-state index in [0.29, 0.717) is 18.5 Å². The normalized spacial score (nSPS) is 18.7. The summed E-state index contributed by atoms with van der Waals surface area (Å²) in [6, 6.07) is 5.51. The highest BCUT2D eigenvalue weighted by Gasteiger charge is 2.35. The van der Waals surface area contributed by atoms with E-state index in [0.717, 1.165) is 6.42 Å². The number of aromatic hydroxyl groups is 1. The minimum Gasteiger partial charge on any atom is -0.508 e. The summed E-state index contributed by atoms with van der Waals surface area (Å²) >= 11 is 0. The van der Waals surface area contributed by atoms with Gasteiger partial charge in [-0.3, -0.25) is 4.79 Å². The summed E-state index contributed by atoms with van der Waals surface area (Å²) in [4.78, 5) is 25.3. The number of esters is 1. The minimum atomic E-state index is -0.490. The first kappa shape index (κ1) is 12.4. The Bertz CT molecular complexity index is 455. The molecule has 1 saturated heterocycles. The summed E-state index contributed by atoms with van der Waals surface area (Å²) in [5, 5.41) is 9.18. The number of amides is 1. The summed E-state index contributed by atoms with van der Waals surface area (Å²) in [7, 11) is 1.32. The maximum atomic E-state index is 12.2. The minimum absolute atomic E-state index is 0.109. The van der Waals surface area contributed by atoms with Gasteiger partial charge in [-0.25, -0.2) is 4.79 Å². The Hall–Kier alpha value is -2.04. The highest BCUT2D eigenvalue weighted by atomic mass is 16.5. The number of phenols is 1. The van der Waals surface area contributed by atoms with Crippen LogP contribution < -0.4 is 0 Å². The molecule has 0 spiro atoms. The van der Waals surface area contributed by atoms with Crippen LogP contribution in [0.5, 0.6) is 5.75 Å². The standard InChI is InChI=1S/C13H15NO4/c1-18-13(17)11-3-2-8-14(11)12(16)9-4-6-10(15)7-5-9/h4-7,11,15H,2-3,8H2,1H3. The third-order valence-corrected chi connectivity index (χ3v) is 3.10. The third kappa shape index (κ3) is 2.30. The lowest BCUT2D eigenvalue weighted by molar-refractivity contribution is -0.145. The lowest BCUT2D eigenvalue weighted by Crippen LogP contribution is -2.41. The molecule has 1 N–H and O–H groups in total. The fourth-order valence-corrected chi connectivity index (χ4v) is 2.16. The first-order valence-electron chi connectivity index (χ1n) is 5.81. The third-order valence-electron chi connectivity index (χ3n) is 3.10. The van der Waals surface area contributed by atoms with Gasteiger partial charge in [0.25, 0.3) is 5.91 Å². The van der Waals surface area contributed by atoms with Gasteiger partial charge < -0.3 is 14.7 Å². The molecule has 96 valence electrons. The maximum Gasteiger partial charge on any atom is 0.328 e. The van der Waals surface area contributed by atoms with Gasteiger partial charge in [0.2, 0.25) is 0 Å². The van der Waals surface area contributed by atoms with Crippen LogP contribution in [0.1, 0.15) is 23.2 Å². The lowest BCUT2D eigenvalue weighted by Gasteiger charge is -2.22. The van der Waals surface area contributed by atoms with E-state index in [-0.39, 0.29) is 17.6 Å². The zero-order valence-corrected chi connectivity index (χ0v) is 10.1. The zero-order chi connectivity index (χ0) is 13.1. The van der Waals surface area contributed by atoms with Crippen LogP contribution in [0.15, 0.2) is 24.3 Å². The molecule has 1 aromatic rings. The Labute approximate surface area is 105 Å². The van der Waals surface area contributed by atoms with Gasteiger partial charge in [0.15, 0.2) is 0 Å². The summed E-state index contributed by atoms with van der Waals surface area (Å²) < 4.78 is 4.70. The van der Waals surface area contributed by atoms with Crippen molar-refractivity contribution in [3.8, 4) is 5.75 Å². The number of phenolic OH excluding ortho intramolecular Hbond substituents is 1. The summed E-state index contributed by atoms with van der Waals surface area (Å²) in [6.07, 6.45) is 1.43. The van der Waals surface area contributed by atoms with Crippen molar-refractivity contribution in [2.75, 3.05) is 13.7 Å². The second kappa shape index (κ2) is 5.08. The molecule has 18 heavy (non-hydrogen) atoms. The van der Waals surface area contributed by atoms with Gasteiger partial charge >= 0.3 is 5.97 Å². The Morgan fingerprint density at radius 3 is 2.61 bits per heavy atom. The van der Waals surface area contributed by atoms with Gasteiger partial charge in [0, 0.05) is 12.1 Å². The molecule has 5 nitrogen and oxygen atoms in total. The number of methoxy groups -OCH3 is 1. The van der Waals surface area contributed by atoms with E-state index in [9.17, 15) is 14.7 Å². The van der Waals surface area contributed by atoms with E-state index in [2.05, 4.69) is 0 Å². The van der Waals surface area contributed by atoms with Gasteiger partial charge in [-0.1, -0.05) is 0 Å². The lowest BCUT2D eigenvalue weighted by atomic mass is 10.1. The molecule has 1 unspecified atom stereocenters. The summed E-state index contributed by atoms with van der Waals surface area (Å²) in [5.74, 6) is -0.472. The first-order chi connectivity index (χ1) is 8.63. The molecule has 0 aromatic heterocycles. The van der Waals surface area contributed by atoms with E-state index in [1.54, 1.807) is 12.1 Å². The fourth-order valence-electron chi connectivity index (χ4n) is 2.16. The van der Waals surface area contributed by atoms with Crippen molar-refractivity contribution in [2.45, 2.75) is 18.9 Å². The molecule has 1 atom stereocenters. The van der Waals surface area contributed by atoms with Crippen LogP contribution in [-0.4, -0.2) is 41.6 Å². The van der Waals surface area contributed by atoms with Crippen LogP contribution in [0.3, 0.4) is 0 Å². The van der Waals surface area contributed by atoms with Crippen molar-refractivity contribution in [1.82, 2.24) is 4.90 Å². The molecule has 1 aliphatic rings. The monoisotopic (exact) mass is 249 g/mol. The van der Waals surface area contributed by atoms with Crippen molar-refractivity contribution >= 4 is 11.9 Å². The maximum absolute atomic E-state index is 12.2. The van der Waals surface area contributed by atoms with Gasteiger partial charge in [0.1, 0.15) is 11.8 Å². The molecule has 5 heteroatoms. The average molecular weight is 249 g/mol. The SMILES string of the molecule is COC(=O)C1CCCN1C(=O)c1ccc(O)cc1. The van der Waals surface area contributed by atoms with Crippen molar-refractivity contribution in [2.24, 2.45) is 0 Å². The van der Waals surface area contributed by atoms with E-state index in [4.69, 9.17) is 4.74 Å². The Morgan fingerprint density at radius 1 is 1.33 bits per heavy atom. The van der Waals surface area contributed by atoms with Gasteiger partial charge in [0.05, 0.1) is 7.11 Å². The highest BCUT2D eigenvalue weighted by Crippen LogP contribution is 2.21. The number of hydrogen-bond acceptors (Lipinski definition) is 4. The van der Waals surface area contributed by atoms with E-state index >= 15 is 0 Å². The number of ether oxygens (including phenoxy) is 1. The predicted molar refractivity (Wildman–Crippen MR) is 64.2 cm³/mol. The smallest absolute Gasteiger partial charge is 0.328 e. The molecule has 0 radical (unpaired) electrons. The molecule has 1 amide bonds. The summed E-state index contributed by atoms with van der Waals surface area (Å²) in [6.45, 7) is 0.555. The van der Waals surface area contributed by atoms with Gasteiger partial charge in [-0.05, 0) is 37.1 Å². The molecule has 1 aromatic carbocycles. The van der Waals surface area contributed by atoms with Gasteiger partial charge in [-0.2, -0.15) is 0 Å². The van der Waals surface area contributed by atoms with Crippen LogP contribution in [0.25, 0.3) is 0 Å². The molecule has 0 bridgehead atoms. The second-order valence-corrected chi connectivity index (χ2v) is 4.23. The van der Waals surface area contributed by atoms with Crippen LogP contribution in [0.2, 0.25) is 0 Å². The van der Waals surface area contributed by atoms with Gasteiger partial charge in [-0.15, -0.1) is 0 Å². The molecule has 0 aliphatic carbocycles. The topological polar surface area (TPSA) is 66.8 Å². The molecule has 1 heterocycles. The van der Waals surface area contributed by atoms with Crippen LogP contribution >= 0.6 is 0 Å². The number of carbonyl (C=O) groups excluding carboxylic acids is 2. The number of carbonyl (C=O) groups is 2. The summed E-state index contributed by atoms with van der Waals surface area (Å²) in [5.41, 5.74) is 0.462. The Balaban J connectivity index is 2.17. The van der Waals surface area contributed by atoms with Crippen molar-refractivity contribution in [3.05, 3.63) is 29.8 Å². The highest BCUT2D eigenvalue weighted by molar-refractivity contribution is 5.97. The zero-order valence-electron chi connectivity index (χ0n) is 10.1. The molecule has 1 aliphatic heterocycles. The van der Waals surface area contributed by atoms with Crippen molar-refractivity contribution in [1.29, 1.82) is 0 Å². The molecular weight excluding hydrogens is 234 g/mol. The largest absolute Gasteiger partial charge is 0.508 e. The number of benzene rings is 1. The van der Waals surface area contributed by atoms with Crippen molar-refractivity contribution in [3.63, 3.8) is 0 Å². The predicted octanol–water partition coefficient (Wildman–Crippen LogP) is 1.17. The number of hydrogen-bond donors (Lipinski definition) is 1. The second-order valence-electron chi connectivity index (χ2n) is 4.23. The van der Waals surface area contributed by atoms with E-state index in [1.807, 2.05) is 0 Å². The van der Waals surface area contributed by atoms with Crippen LogP contribution in [0.4, 0.5) is 0 Å². The first-order valence-corrected chi connectivity index (χ1v) is 5.81. The number of rotatable bonds is 2. The average Bonchev–Trinajstić information content (AvgIpc) is 2.87. The fraction of sp³-hybridized carbons (Fsp3) is 0.385. The quantitative estimate of drug-likeness (QED) is 0.799. The molecular formula is C13H15NO4. The van der Waals surface area contributed by atoms with E-state index in [1.165, 1.54) is 24.1 Å². The Morgan fingerprint density at radius 2 is 2.00 bits per heavy atom. The van der Waals surface area contributed by atoms with Crippen molar-refractivity contribution < 1.29 is 19.4 Å². The molecule has 2 rings (SSSR count). The number of likely N-dealkylation sites (tertiary alicyclic amines) is 1. The van der Waals surface area contributed by atoms with Crippen LogP contribution in [-0.2, 0) is 9.53 Å². The Kier molecular flexibility index (Phi) is 3.50.